The van der Waals surface area contributed by atoms with Crippen molar-refractivity contribution in [1.29, 1.82) is 0 Å². The molecule has 0 unspecified atom stereocenters. The standard InChI is InChI=1S/C17H10ClFN4O.C7H12O2/c18-16-15-13(5-6-20-16)22-17(23-15)11-3-1-9(7-12(11)19)10-2-4-14(24)21-8-10;8-7(9)6-4-2-1-3-5-6/h1-8H,(H,21,24)(H,22,23);6H,1-5H2,(H,8,9). The predicted octanol–water partition coefficient (Wildman–Crippen LogP) is 5.42. The van der Waals surface area contributed by atoms with Gasteiger partial charge in [-0.25, -0.2) is 14.4 Å². The van der Waals surface area contributed by atoms with E-state index in [1.54, 1.807) is 36.7 Å². The number of carboxylic acids is 1. The highest BCUT2D eigenvalue weighted by Gasteiger charge is 2.19. The second kappa shape index (κ2) is 9.95. The lowest BCUT2D eigenvalue weighted by molar-refractivity contribution is -0.142. The minimum Gasteiger partial charge on any atom is -0.481 e. The summed E-state index contributed by atoms with van der Waals surface area (Å²) in [6, 6.07) is 9.56. The second-order valence-electron chi connectivity index (χ2n) is 7.89. The molecule has 1 saturated carbocycles. The van der Waals surface area contributed by atoms with Crippen LogP contribution in [0.1, 0.15) is 32.1 Å². The summed E-state index contributed by atoms with van der Waals surface area (Å²) in [4.78, 5) is 35.4. The molecule has 0 aliphatic heterocycles. The van der Waals surface area contributed by atoms with Crippen molar-refractivity contribution in [3.8, 4) is 22.5 Å². The van der Waals surface area contributed by atoms with Crippen molar-refractivity contribution in [3.05, 3.63) is 70.1 Å². The lowest BCUT2D eigenvalue weighted by Crippen LogP contribution is -2.16. The summed E-state index contributed by atoms with van der Waals surface area (Å²) in [7, 11) is 0. The molecule has 3 aromatic heterocycles. The molecular weight excluding hydrogens is 447 g/mol. The van der Waals surface area contributed by atoms with Crippen LogP contribution < -0.4 is 5.56 Å². The number of imidazole rings is 1. The third kappa shape index (κ3) is 5.28. The van der Waals surface area contributed by atoms with Gasteiger partial charge in [0.2, 0.25) is 5.56 Å². The highest BCUT2D eigenvalue weighted by molar-refractivity contribution is 6.33. The summed E-state index contributed by atoms with van der Waals surface area (Å²) in [5.41, 5.74) is 2.69. The molecule has 0 radical (unpaired) electrons. The molecule has 0 amide bonds. The van der Waals surface area contributed by atoms with E-state index in [1.165, 1.54) is 18.6 Å². The summed E-state index contributed by atoms with van der Waals surface area (Å²) >= 11 is 6.00. The van der Waals surface area contributed by atoms with Crippen LogP contribution in [0.3, 0.4) is 0 Å². The number of aromatic nitrogens is 4. The maximum Gasteiger partial charge on any atom is 0.306 e. The number of benzene rings is 1. The highest BCUT2D eigenvalue weighted by atomic mass is 35.5. The number of aliphatic carboxylic acids is 1. The maximum atomic E-state index is 14.5. The number of carbonyl (C=O) groups is 1. The van der Waals surface area contributed by atoms with Crippen molar-refractivity contribution < 1.29 is 14.3 Å². The molecule has 0 spiro atoms. The molecule has 33 heavy (non-hydrogen) atoms. The first-order valence-corrected chi connectivity index (χ1v) is 11.0. The molecule has 0 atom stereocenters. The Kier molecular flexibility index (Phi) is 6.84. The molecule has 1 aliphatic rings. The Morgan fingerprint density at radius 2 is 1.85 bits per heavy atom. The van der Waals surface area contributed by atoms with Crippen LogP contribution in [0.25, 0.3) is 33.5 Å². The highest BCUT2D eigenvalue weighted by Crippen LogP contribution is 2.29. The van der Waals surface area contributed by atoms with Gasteiger partial charge < -0.3 is 15.1 Å². The molecule has 9 heteroatoms. The van der Waals surface area contributed by atoms with E-state index in [1.807, 2.05) is 0 Å². The zero-order chi connectivity index (χ0) is 23.4. The van der Waals surface area contributed by atoms with Gasteiger partial charge in [0.1, 0.15) is 17.2 Å². The number of carboxylic acid groups (broad SMARTS) is 1. The van der Waals surface area contributed by atoms with Crippen LogP contribution in [0.15, 0.2) is 53.6 Å². The van der Waals surface area contributed by atoms with Crippen LogP contribution in [-0.2, 0) is 4.79 Å². The number of aromatic amines is 2. The normalized spacial score (nSPS) is 14.0. The van der Waals surface area contributed by atoms with E-state index in [-0.39, 0.29) is 16.6 Å². The molecule has 5 rings (SSSR count). The molecule has 1 aliphatic carbocycles. The minimum absolute atomic E-state index is 0.0289. The van der Waals surface area contributed by atoms with Gasteiger partial charge in [-0.1, -0.05) is 36.9 Å². The molecular formula is C24H22ClFN4O3. The lowest BCUT2D eigenvalue weighted by Gasteiger charge is -2.16. The van der Waals surface area contributed by atoms with E-state index in [0.717, 1.165) is 31.2 Å². The number of H-pyrrole nitrogens is 2. The molecule has 3 N–H and O–H groups in total. The third-order valence-corrected chi connectivity index (χ3v) is 5.93. The SMILES string of the molecule is O=C(O)C1CCCCC1.O=c1ccc(-c2ccc(-c3nc4c(Cl)nccc4[nH]3)c(F)c2)c[nH]1. The van der Waals surface area contributed by atoms with Gasteiger partial charge in [0.15, 0.2) is 5.15 Å². The van der Waals surface area contributed by atoms with Crippen LogP contribution in [0.5, 0.6) is 0 Å². The van der Waals surface area contributed by atoms with Gasteiger partial charge in [0.05, 0.1) is 17.0 Å². The molecule has 0 saturated heterocycles. The minimum atomic E-state index is -0.602. The second-order valence-corrected chi connectivity index (χ2v) is 8.25. The average molecular weight is 469 g/mol. The zero-order valence-corrected chi connectivity index (χ0v) is 18.4. The Morgan fingerprint density at radius 1 is 1.09 bits per heavy atom. The van der Waals surface area contributed by atoms with E-state index >= 15 is 0 Å². The fraction of sp³-hybridized carbons (Fsp3) is 0.250. The van der Waals surface area contributed by atoms with Gasteiger partial charge in [-0.15, -0.1) is 0 Å². The summed E-state index contributed by atoms with van der Waals surface area (Å²) in [6.07, 6.45) is 8.34. The number of nitrogens with zero attached hydrogens (tertiary/aromatic N) is 2. The Bertz CT molecular complexity index is 1320. The molecule has 1 aromatic carbocycles. The van der Waals surface area contributed by atoms with Crippen molar-refractivity contribution in [2.75, 3.05) is 0 Å². The Morgan fingerprint density at radius 3 is 2.45 bits per heavy atom. The molecule has 3 heterocycles. The van der Waals surface area contributed by atoms with Gasteiger partial charge in [0, 0.05) is 18.5 Å². The predicted molar refractivity (Wildman–Crippen MR) is 125 cm³/mol. The summed E-state index contributed by atoms with van der Waals surface area (Å²) in [5, 5.41) is 8.80. The number of fused-ring (bicyclic) bond motifs is 1. The van der Waals surface area contributed by atoms with E-state index in [2.05, 4.69) is 19.9 Å². The lowest BCUT2D eigenvalue weighted by atomic mass is 9.90. The molecule has 0 bridgehead atoms. The van der Waals surface area contributed by atoms with E-state index in [4.69, 9.17) is 16.7 Å². The Hall–Kier alpha value is -3.52. The van der Waals surface area contributed by atoms with E-state index < -0.39 is 11.8 Å². The van der Waals surface area contributed by atoms with Gasteiger partial charge in [-0.2, -0.15) is 0 Å². The monoisotopic (exact) mass is 468 g/mol. The third-order valence-electron chi connectivity index (χ3n) is 5.65. The fourth-order valence-corrected chi connectivity index (χ4v) is 4.06. The molecule has 7 nitrogen and oxygen atoms in total. The number of halogens is 2. The largest absolute Gasteiger partial charge is 0.481 e. The van der Waals surface area contributed by atoms with E-state index in [9.17, 15) is 14.0 Å². The van der Waals surface area contributed by atoms with Crippen molar-refractivity contribution >= 4 is 28.6 Å². The van der Waals surface area contributed by atoms with Crippen LogP contribution in [0.2, 0.25) is 5.15 Å². The van der Waals surface area contributed by atoms with Crippen LogP contribution in [-0.4, -0.2) is 31.0 Å². The number of rotatable bonds is 3. The van der Waals surface area contributed by atoms with Crippen molar-refractivity contribution in [3.63, 3.8) is 0 Å². The zero-order valence-electron chi connectivity index (χ0n) is 17.6. The quantitative estimate of drug-likeness (QED) is 0.347. The first kappa shape index (κ1) is 22.7. The van der Waals surface area contributed by atoms with Crippen molar-refractivity contribution in [2.45, 2.75) is 32.1 Å². The number of hydrogen-bond donors (Lipinski definition) is 3. The molecule has 1 fully saturated rings. The maximum absolute atomic E-state index is 14.5. The average Bonchev–Trinajstić information content (AvgIpc) is 3.26. The first-order valence-electron chi connectivity index (χ1n) is 10.6. The Balaban J connectivity index is 0.000000243. The van der Waals surface area contributed by atoms with Crippen molar-refractivity contribution in [1.82, 2.24) is 19.9 Å². The summed E-state index contributed by atoms with van der Waals surface area (Å²) < 4.78 is 14.5. The van der Waals surface area contributed by atoms with Crippen LogP contribution in [0.4, 0.5) is 4.39 Å². The smallest absolute Gasteiger partial charge is 0.306 e. The first-order chi connectivity index (χ1) is 15.9. The number of nitrogens with one attached hydrogen (secondary N) is 2. The van der Waals surface area contributed by atoms with Gasteiger partial charge in [-0.05, 0) is 48.2 Å². The van der Waals surface area contributed by atoms with Crippen molar-refractivity contribution in [2.24, 2.45) is 5.92 Å². The van der Waals surface area contributed by atoms with Gasteiger partial charge >= 0.3 is 5.97 Å². The van der Waals surface area contributed by atoms with Gasteiger partial charge in [-0.3, -0.25) is 9.59 Å². The Labute approximate surface area is 193 Å². The summed E-state index contributed by atoms with van der Waals surface area (Å²) in [6.45, 7) is 0. The number of pyridine rings is 2. The molecule has 4 aromatic rings. The molecule has 170 valence electrons. The number of hydrogen-bond acceptors (Lipinski definition) is 4. The topological polar surface area (TPSA) is 112 Å². The fourth-order valence-electron chi connectivity index (χ4n) is 3.86. The van der Waals surface area contributed by atoms with Gasteiger partial charge in [0.25, 0.3) is 0 Å². The van der Waals surface area contributed by atoms with E-state index in [0.29, 0.717) is 28.0 Å². The van der Waals surface area contributed by atoms with Crippen LogP contribution in [0, 0.1) is 11.7 Å². The summed E-state index contributed by atoms with van der Waals surface area (Å²) in [5.74, 6) is -0.680. The van der Waals surface area contributed by atoms with Crippen LogP contribution >= 0.6 is 11.6 Å².